The number of hydrogen-bond acceptors (Lipinski definition) is 2. The van der Waals surface area contributed by atoms with E-state index in [1.165, 1.54) is 38.5 Å². The Morgan fingerprint density at radius 1 is 0.958 bits per heavy atom. The SMILES string of the molecule is CCCCCCCCCc1ccnc(-c2cc(C(F)(F)F)[nH]n2)c1. The van der Waals surface area contributed by atoms with Crippen molar-refractivity contribution in [1.29, 1.82) is 0 Å². The molecular formula is C18H24F3N3. The Morgan fingerprint density at radius 2 is 1.67 bits per heavy atom. The molecule has 0 amide bonds. The van der Waals surface area contributed by atoms with Gasteiger partial charge in [0.1, 0.15) is 11.4 Å². The Hall–Kier alpha value is -1.85. The van der Waals surface area contributed by atoms with Crippen molar-refractivity contribution in [2.75, 3.05) is 0 Å². The number of hydrogen-bond donors (Lipinski definition) is 1. The van der Waals surface area contributed by atoms with E-state index in [4.69, 9.17) is 0 Å². The molecule has 0 aliphatic rings. The topological polar surface area (TPSA) is 41.6 Å². The van der Waals surface area contributed by atoms with Crippen LogP contribution in [-0.2, 0) is 12.6 Å². The normalized spacial score (nSPS) is 11.8. The van der Waals surface area contributed by atoms with Gasteiger partial charge in [-0.15, -0.1) is 0 Å². The van der Waals surface area contributed by atoms with Crippen LogP contribution in [0.1, 0.15) is 63.1 Å². The van der Waals surface area contributed by atoms with E-state index in [9.17, 15) is 13.2 Å². The third kappa shape index (κ3) is 5.65. The van der Waals surface area contributed by atoms with Gasteiger partial charge in [0.25, 0.3) is 0 Å². The number of aryl methyl sites for hydroxylation is 1. The van der Waals surface area contributed by atoms with E-state index < -0.39 is 11.9 Å². The van der Waals surface area contributed by atoms with Crippen molar-refractivity contribution in [3.63, 3.8) is 0 Å². The van der Waals surface area contributed by atoms with Crippen molar-refractivity contribution in [1.82, 2.24) is 15.2 Å². The number of pyridine rings is 1. The molecule has 0 saturated carbocycles. The highest BCUT2D eigenvalue weighted by Gasteiger charge is 2.33. The van der Waals surface area contributed by atoms with Crippen molar-refractivity contribution >= 4 is 0 Å². The first-order valence-electron chi connectivity index (χ1n) is 8.58. The molecule has 2 aromatic heterocycles. The summed E-state index contributed by atoms with van der Waals surface area (Å²) in [5.74, 6) is 0. The number of aromatic amines is 1. The molecule has 0 aliphatic heterocycles. The fourth-order valence-electron chi connectivity index (χ4n) is 2.65. The van der Waals surface area contributed by atoms with Crippen molar-refractivity contribution in [2.45, 2.75) is 64.5 Å². The fraction of sp³-hybridized carbons (Fsp3) is 0.556. The van der Waals surface area contributed by atoms with Gasteiger partial charge in [0.05, 0.1) is 5.69 Å². The van der Waals surface area contributed by atoms with E-state index in [-0.39, 0.29) is 5.69 Å². The lowest BCUT2D eigenvalue weighted by molar-refractivity contribution is -0.141. The van der Waals surface area contributed by atoms with Gasteiger partial charge >= 0.3 is 6.18 Å². The van der Waals surface area contributed by atoms with E-state index >= 15 is 0 Å². The number of unbranched alkanes of at least 4 members (excludes halogenated alkanes) is 6. The van der Waals surface area contributed by atoms with Crippen LogP contribution >= 0.6 is 0 Å². The quantitative estimate of drug-likeness (QED) is 0.588. The molecule has 0 aliphatic carbocycles. The van der Waals surface area contributed by atoms with E-state index in [1.807, 2.05) is 17.2 Å². The molecule has 0 spiro atoms. The molecule has 6 heteroatoms. The Labute approximate surface area is 140 Å². The number of aromatic nitrogens is 3. The summed E-state index contributed by atoms with van der Waals surface area (Å²) in [6, 6.07) is 4.74. The summed E-state index contributed by atoms with van der Waals surface area (Å²) in [6.07, 6.45) is 6.78. The molecule has 0 bridgehead atoms. The molecule has 0 radical (unpaired) electrons. The summed E-state index contributed by atoms with van der Waals surface area (Å²) >= 11 is 0. The van der Waals surface area contributed by atoms with Crippen LogP contribution in [0.25, 0.3) is 11.4 Å². The summed E-state index contributed by atoms with van der Waals surface area (Å²) in [7, 11) is 0. The molecule has 0 fully saturated rings. The van der Waals surface area contributed by atoms with Crippen LogP contribution in [-0.4, -0.2) is 15.2 Å². The number of nitrogens with one attached hydrogen (secondary N) is 1. The van der Waals surface area contributed by atoms with Crippen LogP contribution in [0, 0.1) is 0 Å². The molecule has 3 nitrogen and oxygen atoms in total. The molecule has 0 atom stereocenters. The maximum absolute atomic E-state index is 12.6. The fourth-order valence-corrected chi connectivity index (χ4v) is 2.65. The Bertz CT molecular complexity index is 620. The summed E-state index contributed by atoms with van der Waals surface area (Å²) in [4.78, 5) is 4.13. The van der Waals surface area contributed by atoms with Crippen LogP contribution in [0.2, 0.25) is 0 Å². The van der Waals surface area contributed by atoms with Gasteiger partial charge in [-0.3, -0.25) is 10.1 Å². The summed E-state index contributed by atoms with van der Waals surface area (Å²) in [5.41, 5.74) is 0.938. The lowest BCUT2D eigenvalue weighted by Gasteiger charge is -2.04. The second kappa shape index (κ2) is 8.85. The van der Waals surface area contributed by atoms with Gasteiger partial charge in [-0.05, 0) is 36.6 Å². The molecule has 2 aromatic rings. The Morgan fingerprint density at radius 3 is 2.33 bits per heavy atom. The average Bonchev–Trinajstić information content (AvgIpc) is 3.05. The maximum Gasteiger partial charge on any atom is 0.432 e. The molecular weight excluding hydrogens is 315 g/mol. The predicted molar refractivity (Wildman–Crippen MR) is 88.5 cm³/mol. The van der Waals surface area contributed by atoms with Gasteiger partial charge in [-0.25, -0.2) is 0 Å². The largest absolute Gasteiger partial charge is 0.432 e. The van der Waals surface area contributed by atoms with Crippen LogP contribution < -0.4 is 0 Å². The van der Waals surface area contributed by atoms with Crippen LogP contribution in [0.4, 0.5) is 13.2 Å². The van der Waals surface area contributed by atoms with Gasteiger partial charge in [-0.1, -0.05) is 45.4 Å². The highest BCUT2D eigenvalue weighted by atomic mass is 19.4. The Balaban J connectivity index is 1.86. The highest BCUT2D eigenvalue weighted by Crippen LogP contribution is 2.30. The molecule has 2 rings (SSSR count). The predicted octanol–water partition coefficient (Wildman–Crippen LogP) is 5.78. The first kappa shape index (κ1) is 18.5. The maximum atomic E-state index is 12.6. The lowest BCUT2D eigenvalue weighted by Crippen LogP contribution is -2.04. The Kier molecular flexibility index (Phi) is 6.82. The van der Waals surface area contributed by atoms with Gasteiger partial charge < -0.3 is 0 Å². The first-order valence-corrected chi connectivity index (χ1v) is 8.58. The van der Waals surface area contributed by atoms with E-state index in [0.717, 1.165) is 24.5 Å². The van der Waals surface area contributed by atoms with E-state index in [2.05, 4.69) is 17.0 Å². The number of H-pyrrole nitrogens is 1. The zero-order valence-corrected chi connectivity index (χ0v) is 14.0. The minimum absolute atomic E-state index is 0.226. The molecule has 24 heavy (non-hydrogen) atoms. The second-order valence-electron chi connectivity index (χ2n) is 6.09. The monoisotopic (exact) mass is 339 g/mol. The van der Waals surface area contributed by atoms with Crippen molar-refractivity contribution in [2.24, 2.45) is 0 Å². The summed E-state index contributed by atoms with van der Waals surface area (Å²) in [6.45, 7) is 2.21. The van der Waals surface area contributed by atoms with Crippen molar-refractivity contribution < 1.29 is 13.2 Å². The summed E-state index contributed by atoms with van der Waals surface area (Å²) in [5, 5.41) is 5.75. The van der Waals surface area contributed by atoms with Gasteiger partial charge in [-0.2, -0.15) is 18.3 Å². The molecule has 0 aromatic carbocycles. The summed E-state index contributed by atoms with van der Waals surface area (Å²) < 4.78 is 37.9. The van der Waals surface area contributed by atoms with Gasteiger partial charge in [0.15, 0.2) is 0 Å². The number of nitrogens with zero attached hydrogens (tertiary/aromatic N) is 2. The number of alkyl halides is 3. The number of rotatable bonds is 9. The van der Waals surface area contributed by atoms with E-state index in [1.54, 1.807) is 6.20 Å². The smallest absolute Gasteiger partial charge is 0.273 e. The van der Waals surface area contributed by atoms with E-state index in [0.29, 0.717) is 5.69 Å². The minimum Gasteiger partial charge on any atom is -0.273 e. The molecule has 132 valence electrons. The van der Waals surface area contributed by atoms with Gasteiger partial charge in [0, 0.05) is 6.20 Å². The lowest BCUT2D eigenvalue weighted by atomic mass is 10.0. The zero-order valence-electron chi connectivity index (χ0n) is 14.0. The third-order valence-corrected chi connectivity index (χ3v) is 4.04. The molecule has 1 N–H and O–H groups in total. The number of halogens is 3. The highest BCUT2D eigenvalue weighted by molar-refractivity contribution is 5.55. The van der Waals surface area contributed by atoms with Gasteiger partial charge in [0.2, 0.25) is 0 Å². The first-order chi connectivity index (χ1) is 11.5. The zero-order chi connectivity index (χ0) is 17.4. The van der Waals surface area contributed by atoms with Crippen molar-refractivity contribution in [3.8, 4) is 11.4 Å². The third-order valence-electron chi connectivity index (χ3n) is 4.04. The van der Waals surface area contributed by atoms with Crippen LogP contribution in [0.3, 0.4) is 0 Å². The van der Waals surface area contributed by atoms with Crippen LogP contribution in [0.5, 0.6) is 0 Å². The van der Waals surface area contributed by atoms with Crippen molar-refractivity contribution in [3.05, 3.63) is 35.7 Å². The average molecular weight is 339 g/mol. The molecule has 0 saturated heterocycles. The second-order valence-corrected chi connectivity index (χ2v) is 6.09. The standard InChI is InChI=1S/C18H24F3N3/c1-2-3-4-5-6-7-8-9-14-10-11-22-15(12-14)16-13-17(24-23-16)18(19,20)21/h10-13H,2-9H2,1H3,(H,23,24). The van der Waals surface area contributed by atoms with Crippen LogP contribution in [0.15, 0.2) is 24.4 Å². The molecule has 0 unspecified atom stereocenters. The minimum atomic E-state index is -4.42. The molecule has 2 heterocycles.